The lowest BCUT2D eigenvalue weighted by molar-refractivity contribution is -0.137. The topological polar surface area (TPSA) is 66.9 Å². The summed E-state index contributed by atoms with van der Waals surface area (Å²) in [6.45, 7) is -0.0428. The summed E-state index contributed by atoms with van der Waals surface area (Å²) >= 11 is 0. The van der Waals surface area contributed by atoms with Crippen LogP contribution in [0.1, 0.15) is 24.8 Å². The van der Waals surface area contributed by atoms with Gasteiger partial charge in [-0.25, -0.2) is 9.97 Å². The predicted octanol–water partition coefficient (Wildman–Crippen LogP) is 2.73. The summed E-state index contributed by atoms with van der Waals surface area (Å²) in [5, 5.41) is 5.87. The van der Waals surface area contributed by atoms with Crippen LogP contribution in [0.5, 0.6) is 0 Å². The highest BCUT2D eigenvalue weighted by molar-refractivity contribution is 5.91. The lowest BCUT2D eigenvalue weighted by atomic mass is 9.93. The highest BCUT2D eigenvalue weighted by Gasteiger charge is 2.30. The van der Waals surface area contributed by atoms with Gasteiger partial charge in [0.25, 0.3) is 0 Å². The second kappa shape index (κ2) is 6.02. The summed E-state index contributed by atoms with van der Waals surface area (Å²) in [4.78, 5) is 19.7. The first-order valence-corrected chi connectivity index (χ1v) is 7.28. The SMILES string of the molecule is O=C(CNc1ncnc2ccc(C(F)(F)F)cc12)NC1CCC1. The van der Waals surface area contributed by atoms with Crippen molar-refractivity contribution in [1.29, 1.82) is 0 Å². The molecule has 2 aromatic rings. The molecular weight excluding hydrogens is 309 g/mol. The number of hydrogen-bond donors (Lipinski definition) is 2. The zero-order valence-electron chi connectivity index (χ0n) is 12.2. The highest BCUT2D eigenvalue weighted by Crippen LogP contribution is 2.32. The molecule has 0 radical (unpaired) electrons. The Kier molecular flexibility index (Phi) is 4.06. The Morgan fingerprint density at radius 2 is 2.04 bits per heavy atom. The van der Waals surface area contributed by atoms with Crippen LogP contribution in [0.25, 0.3) is 10.9 Å². The van der Waals surface area contributed by atoms with Gasteiger partial charge in [-0.1, -0.05) is 0 Å². The van der Waals surface area contributed by atoms with E-state index in [4.69, 9.17) is 0 Å². The molecule has 3 rings (SSSR count). The predicted molar refractivity (Wildman–Crippen MR) is 78.8 cm³/mol. The summed E-state index contributed by atoms with van der Waals surface area (Å²) < 4.78 is 38.5. The lowest BCUT2D eigenvalue weighted by Crippen LogP contribution is -2.42. The maximum Gasteiger partial charge on any atom is 0.416 e. The van der Waals surface area contributed by atoms with Gasteiger partial charge >= 0.3 is 6.18 Å². The number of carbonyl (C=O) groups is 1. The van der Waals surface area contributed by atoms with E-state index in [9.17, 15) is 18.0 Å². The standard InChI is InChI=1S/C15H15F3N4O/c16-15(17,18)9-4-5-12-11(6-9)14(21-8-20-12)19-7-13(23)22-10-2-1-3-10/h4-6,8,10H,1-3,7H2,(H,22,23)(H,19,20,21). The van der Waals surface area contributed by atoms with Crippen LogP contribution in [0.3, 0.4) is 0 Å². The number of halogens is 3. The Morgan fingerprint density at radius 3 is 2.70 bits per heavy atom. The Balaban J connectivity index is 1.77. The van der Waals surface area contributed by atoms with E-state index < -0.39 is 11.7 Å². The first-order chi connectivity index (χ1) is 10.9. The number of nitrogens with one attached hydrogen (secondary N) is 2. The Bertz CT molecular complexity index is 728. The summed E-state index contributed by atoms with van der Waals surface area (Å²) in [5.74, 6) is 0.0123. The summed E-state index contributed by atoms with van der Waals surface area (Å²) in [6.07, 6.45) is -0.145. The van der Waals surface area contributed by atoms with Crippen LogP contribution in [0.4, 0.5) is 19.0 Å². The average Bonchev–Trinajstić information content (AvgIpc) is 2.47. The smallest absolute Gasteiger partial charge is 0.360 e. The van der Waals surface area contributed by atoms with E-state index in [-0.39, 0.29) is 29.7 Å². The molecule has 1 heterocycles. The second-order valence-electron chi connectivity index (χ2n) is 5.50. The van der Waals surface area contributed by atoms with Gasteiger partial charge in [0.15, 0.2) is 0 Å². The molecule has 0 aliphatic heterocycles. The molecular formula is C15H15F3N4O. The summed E-state index contributed by atoms with van der Waals surface area (Å²) in [7, 11) is 0. The van der Waals surface area contributed by atoms with Crippen molar-refractivity contribution in [2.75, 3.05) is 11.9 Å². The number of anilines is 1. The first kappa shape index (κ1) is 15.5. The number of hydrogen-bond acceptors (Lipinski definition) is 4. The molecule has 1 aliphatic carbocycles. The second-order valence-corrected chi connectivity index (χ2v) is 5.50. The van der Waals surface area contributed by atoms with Crippen molar-refractivity contribution in [3.05, 3.63) is 30.1 Å². The third-order valence-corrected chi connectivity index (χ3v) is 3.85. The van der Waals surface area contributed by atoms with Gasteiger partial charge in [0.2, 0.25) is 5.91 Å². The maximum atomic E-state index is 12.8. The van der Waals surface area contributed by atoms with Crippen LogP contribution in [-0.4, -0.2) is 28.5 Å². The van der Waals surface area contributed by atoms with Crippen LogP contribution in [0.15, 0.2) is 24.5 Å². The van der Waals surface area contributed by atoms with Crippen LogP contribution >= 0.6 is 0 Å². The van der Waals surface area contributed by atoms with Gasteiger partial charge in [0.1, 0.15) is 12.1 Å². The van der Waals surface area contributed by atoms with Crippen LogP contribution in [0, 0.1) is 0 Å². The van der Waals surface area contributed by atoms with E-state index in [0.29, 0.717) is 5.52 Å². The number of alkyl halides is 3. The van der Waals surface area contributed by atoms with Crippen LogP contribution in [0.2, 0.25) is 0 Å². The first-order valence-electron chi connectivity index (χ1n) is 7.28. The van der Waals surface area contributed by atoms with Gasteiger partial charge in [0, 0.05) is 11.4 Å². The molecule has 0 saturated heterocycles. The van der Waals surface area contributed by atoms with E-state index in [1.165, 1.54) is 12.4 Å². The Morgan fingerprint density at radius 1 is 1.26 bits per heavy atom. The van der Waals surface area contributed by atoms with E-state index in [1.807, 2.05) is 0 Å². The third kappa shape index (κ3) is 3.52. The molecule has 1 saturated carbocycles. The zero-order valence-corrected chi connectivity index (χ0v) is 12.2. The van der Waals surface area contributed by atoms with Gasteiger partial charge in [-0.05, 0) is 37.5 Å². The Hall–Kier alpha value is -2.38. The van der Waals surface area contributed by atoms with Gasteiger partial charge in [-0.2, -0.15) is 13.2 Å². The molecule has 0 spiro atoms. The van der Waals surface area contributed by atoms with Gasteiger partial charge in [-0.15, -0.1) is 0 Å². The van der Waals surface area contributed by atoms with Gasteiger partial charge < -0.3 is 10.6 Å². The minimum absolute atomic E-state index is 0.0428. The van der Waals surface area contributed by atoms with E-state index in [0.717, 1.165) is 31.4 Å². The molecule has 1 aliphatic rings. The number of carbonyl (C=O) groups excluding carboxylic acids is 1. The number of fused-ring (bicyclic) bond motifs is 1. The van der Waals surface area contributed by atoms with Gasteiger partial charge in [-0.3, -0.25) is 4.79 Å². The summed E-state index contributed by atoms with van der Waals surface area (Å²) in [5.41, 5.74) is -0.392. The largest absolute Gasteiger partial charge is 0.416 e. The monoisotopic (exact) mass is 324 g/mol. The van der Waals surface area contributed by atoms with Crippen molar-refractivity contribution in [3.8, 4) is 0 Å². The fraction of sp³-hybridized carbons (Fsp3) is 0.400. The maximum absolute atomic E-state index is 12.8. The van der Waals surface area contributed by atoms with Crippen molar-refractivity contribution in [3.63, 3.8) is 0 Å². The molecule has 5 nitrogen and oxygen atoms in total. The molecule has 1 aromatic heterocycles. The number of rotatable bonds is 4. The minimum atomic E-state index is -4.44. The van der Waals surface area contributed by atoms with Gasteiger partial charge in [0.05, 0.1) is 17.6 Å². The Labute approximate surface area is 130 Å². The third-order valence-electron chi connectivity index (χ3n) is 3.85. The van der Waals surface area contributed by atoms with E-state index in [2.05, 4.69) is 20.6 Å². The molecule has 23 heavy (non-hydrogen) atoms. The minimum Gasteiger partial charge on any atom is -0.360 e. The molecule has 1 aromatic carbocycles. The normalized spacial score (nSPS) is 15.3. The number of aromatic nitrogens is 2. The molecule has 0 bridgehead atoms. The number of nitrogens with zero attached hydrogens (tertiary/aromatic N) is 2. The quantitative estimate of drug-likeness (QED) is 0.907. The van der Waals surface area contributed by atoms with Crippen molar-refractivity contribution in [1.82, 2.24) is 15.3 Å². The fourth-order valence-electron chi connectivity index (χ4n) is 2.37. The fourth-order valence-corrected chi connectivity index (χ4v) is 2.37. The molecule has 122 valence electrons. The zero-order chi connectivity index (χ0) is 16.4. The van der Waals surface area contributed by atoms with Crippen molar-refractivity contribution >= 4 is 22.6 Å². The van der Waals surface area contributed by atoms with Crippen molar-refractivity contribution in [2.45, 2.75) is 31.5 Å². The van der Waals surface area contributed by atoms with Crippen LogP contribution < -0.4 is 10.6 Å². The molecule has 1 amide bonds. The number of amides is 1. The van der Waals surface area contributed by atoms with Crippen LogP contribution in [-0.2, 0) is 11.0 Å². The molecule has 8 heteroatoms. The van der Waals surface area contributed by atoms with Crippen molar-refractivity contribution < 1.29 is 18.0 Å². The summed E-state index contributed by atoms with van der Waals surface area (Å²) in [6, 6.07) is 3.46. The average molecular weight is 324 g/mol. The van der Waals surface area contributed by atoms with Crippen molar-refractivity contribution in [2.24, 2.45) is 0 Å². The lowest BCUT2D eigenvalue weighted by Gasteiger charge is -2.26. The highest BCUT2D eigenvalue weighted by atomic mass is 19.4. The molecule has 0 unspecified atom stereocenters. The van der Waals surface area contributed by atoms with E-state index >= 15 is 0 Å². The molecule has 1 fully saturated rings. The number of benzene rings is 1. The molecule has 0 atom stereocenters. The molecule has 2 N–H and O–H groups in total. The van der Waals surface area contributed by atoms with E-state index in [1.54, 1.807) is 0 Å².